The first-order valence-electron chi connectivity index (χ1n) is 11.6. The Morgan fingerprint density at radius 1 is 0.952 bits per heavy atom. The molecular weight excluding hydrogens is 633 g/mol. The summed E-state index contributed by atoms with van der Waals surface area (Å²) >= 11 is 12.0. The second-order valence-corrected chi connectivity index (χ2v) is 9.53. The second kappa shape index (κ2) is 13.4. The molecule has 4 nitrogen and oxygen atoms in total. The molecule has 2 atom stereocenters. The van der Waals surface area contributed by atoms with Crippen molar-refractivity contribution in [3.8, 4) is 0 Å². The van der Waals surface area contributed by atoms with E-state index in [1.807, 2.05) is 0 Å². The van der Waals surface area contributed by atoms with Crippen LogP contribution in [0.4, 0.5) is 43.9 Å². The van der Waals surface area contributed by atoms with Crippen LogP contribution in [-0.2, 0) is 11.0 Å². The molecule has 0 spiro atoms. The van der Waals surface area contributed by atoms with Gasteiger partial charge in [-0.3, -0.25) is 9.59 Å². The lowest BCUT2D eigenvalue weighted by Crippen LogP contribution is -2.47. The van der Waals surface area contributed by atoms with Gasteiger partial charge in [0.1, 0.15) is 24.3 Å². The van der Waals surface area contributed by atoms with Crippen LogP contribution in [0.5, 0.6) is 0 Å². The summed E-state index contributed by atoms with van der Waals surface area (Å²) in [6.45, 7) is 0.725. The number of alkyl halides is 9. The molecule has 0 fully saturated rings. The van der Waals surface area contributed by atoms with E-state index >= 15 is 4.39 Å². The Morgan fingerprint density at radius 2 is 1.52 bits per heavy atom. The van der Waals surface area contributed by atoms with Crippen molar-refractivity contribution in [2.45, 2.75) is 44.3 Å². The highest BCUT2D eigenvalue weighted by Crippen LogP contribution is 2.42. The van der Waals surface area contributed by atoms with Gasteiger partial charge in [0.05, 0.1) is 11.1 Å². The number of carbonyl (C=O) groups excluding carboxylic acids is 2. The molecule has 2 aromatic carbocycles. The molecule has 2 rings (SSSR count). The van der Waals surface area contributed by atoms with E-state index in [1.54, 1.807) is 12.2 Å². The standard InChI is InChI=1S/C26H20Cl2F10N2O2/c1-3-4-16-19(27)8-14(9-20(16)28)17(25(33,34)35)10-21(29)13-5-6-15(18(7-13)26(36,37)38)23(42)40-12(2)22(41)39-11-24(30,31)32/h3-10,12,17H,11H2,1-2H3,(H,39,41)(H,40,42)/b4-3+,21-10-/t12-,17?/m1/s1. The fourth-order valence-corrected chi connectivity index (χ4v) is 4.17. The summed E-state index contributed by atoms with van der Waals surface area (Å²) in [4.78, 5) is 24.2. The number of benzene rings is 2. The summed E-state index contributed by atoms with van der Waals surface area (Å²) in [5.41, 5.74) is -4.35. The minimum Gasteiger partial charge on any atom is -0.345 e. The van der Waals surface area contributed by atoms with Gasteiger partial charge in [-0.1, -0.05) is 41.4 Å². The van der Waals surface area contributed by atoms with Gasteiger partial charge >= 0.3 is 18.5 Å². The van der Waals surface area contributed by atoms with E-state index < -0.39 is 76.9 Å². The van der Waals surface area contributed by atoms with E-state index in [0.29, 0.717) is 12.1 Å². The van der Waals surface area contributed by atoms with Crippen molar-refractivity contribution in [2.24, 2.45) is 0 Å². The minimum absolute atomic E-state index is 0.0135. The zero-order valence-corrected chi connectivity index (χ0v) is 22.8. The Hall–Kier alpha value is -3.26. The van der Waals surface area contributed by atoms with Crippen molar-refractivity contribution in [1.82, 2.24) is 10.6 Å². The molecule has 0 radical (unpaired) electrons. The molecule has 0 saturated heterocycles. The fraction of sp³-hybridized carbons (Fsp3) is 0.308. The zero-order valence-electron chi connectivity index (χ0n) is 21.3. The maximum Gasteiger partial charge on any atom is 0.417 e. The van der Waals surface area contributed by atoms with Crippen LogP contribution in [0.3, 0.4) is 0 Å². The van der Waals surface area contributed by atoms with E-state index in [9.17, 15) is 49.1 Å². The summed E-state index contributed by atoms with van der Waals surface area (Å²) < 4.78 is 135. The largest absolute Gasteiger partial charge is 0.417 e. The van der Waals surface area contributed by atoms with Gasteiger partial charge < -0.3 is 10.6 Å². The zero-order chi connectivity index (χ0) is 32.2. The van der Waals surface area contributed by atoms with Crippen LogP contribution >= 0.6 is 23.2 Å². The molecule has 2 amide bonds. The number of hydrogen-bond acceptors (Lipinski definition) is 2. The molecular formula is C26H20Cl2F10N2O2. The molecule has 0 heterocycles. The maximum absolute atomic E-state index is 15.1. The number of nitrogens with one attached hydrogen (secondary N) is 2. The van der Waals surface area contributed by atoms with Gasteiger partial charge in [0.2, 0.25) is 5.91 Å². The van der Waals surface area contributed by atoms with Crippen LogP contribution in [0.2, 0.25) is 10.0 Å². The topological polar surface area (TPSA) is 58.2 Å². The monoisotopic (exact) mass is 652 g/mol. The normalized spacial score (nSPS) is 14.6. The first-order valence-corrected chi connectivity index (χ1v) is 12.3. The molecule has 2 aromatic rings. The molecule has 42 heavy (non-hydrogen) atoms. The third-order valence-corrected chi connectivity index (χ3v) is 6.13. The minimum atomic E-state index is -5.34. The van der Waals surface area contributed by atoms with Gasteiger partial charge in [0.15, 0.2) is 0 Å². The van der Waals surface area contributed by atoms with Crippen LogP contribution in [0.1, 0.15) is 52.4 Å². The van der Waals surface area contributed by atoms with Crippen molar-refractivity contribution >= 4 is 46.9 Å². The molecule has 16 heteroatoms. The van der Waals surface area contributed by atoms with Gasteiger partial charge in [-0.15, -0.1) is 0 Å². The third-order valence-electron chi connectivity index (χ3n) is 5.51. The van der Waals surface area contributed by atoms with Gasteiger partial charge in [0.25, 0.3) is 5.91 Å². The molecule has 0 aliphatic carbocycles. The summed E-state index contributed by atoms with van der Waals surface area (Å²) in [7, 11) is 0. The van der Waals surface area contributed by atoms with Crippen molar-refractivity contribution in [3.63, 3.8) is 0 Å². The number of carbonyl (C=O) groups is 2. The summed E-state index contributed by atoms with van der Waals surface area (Å²) in [5.74, 6) is -7.36. The van der Waals surface area contributed by atoms with Gasteiger partial charge in [0, 0.05) is 21.2 Å². The number of rotatable bonds is 8. The van der Waals surface area contributed by atoms with Gasteiger partial charge in [-0.25, -0.2) is 4.39 Å². The summed E-state index contributed by atoms with van der Waals surface area (Å²) in [5, 5.41) is 2.83. The molecule has 1 unspecified atom stereocenters. The highest BCUT2D eigenvalue weighted by atomic mass is 35.5. The molecule has 0 saturated carbocycles. The predicted molar refractivity (Wildman–Crippen MR) is 136 cm³/mol. The van der Waals surface area contributed by atoms with E-state index in [2.05, 4.69) is 0 Å². The van der Waals surface area contributed by atoms with Crippen molar-refractivity contribution in [1.29, 1.82) is 0 Å². The average molecular weight is 653 g/mol. The Kier molecular flexibility index (Phi) is 11.1. The Labute approximate surface area is 242 Å². The number of hydrogen-bond donors (Lipinski definition) is 2. The fourth-order valence-electron chi connectivity index (χ4n) is 3.54. The second-order valence-electron chi connectivity index (χ2n) is 8.72. The summed E-state index contributed by atoms with van der Waals surface area (Å²) in [6.07, 6.45) is -12.3. The Bertz CT molecular complexity index is 1360. The van der Waals surface area contributed by atoms with Gasteiger partial charge in [-0.2, -0.15) is 39.5 Å². The van der Waals surface area contributed by atoms with Gasteiger partial charge in [-0.05, 0) is 49.8 Å². The Morgan fingerprint density at radius 3 is 2.00 bits per heavy atom. The van der Waals surface area contributed by atoms with Crippen molar-refractivity contribution in [3.05, 3.63) is 80.3 Å². The van der Waals surface area contributed by atoms with E-state index in [0.717, 1.165) is 19.1 Å². The first kappa shape index (κ1) is 34.9. The SMILES string of the molecule is C/C=C/c1c(Cl)cc(C(/C=C(\F)c2ccc(C(=O)N[C@H](C)C(=O)NCC(F)(F)F)c(C(F)(F)F)c2)C(F)(F)F)cc1Cl. The van der Waals surface area contributed by atoms with Crippen LogP contribution in [0.15, 0.2) is 42.5 Å². The number of allylic oxidation sites excluding steroid dienone is 2. The van der Waals surface area contributed by atoms with E-state index in [-0.39, 0.29) is 27.8 Å². The van der Waals surface area contributed by atoms with E-state index in [4.69, 9.17) is 23.2 Å². The average Bonchev–Trinajstić information content (AvgIpc) is 2.85. The quantitative estimate of drug-likeness (QED) is 0.281. The lowest BCUT2D eigenvalue weighted by Gasteiger charge is -2.20. The van der Waals surface area contributed by atoms with Crippen molar-refractivity contribution in [2.75, 3.05) is 6.54 Å². The van der Waals surface area contributed by atoms with Crippen LogP contribution < -0.4 is 10.6 Å². The lowest BCUT2D eigenvalue weighted by atomic mass is 9.94. The number of amides is 2. The molecule has 0 bridgehead atoms. The summed E-state index contributed by atoms with van der Waals surface area (Å²) in [6, 6.07) is 1.16. The smallest absolute Gasteiger partial charge is 0.345 e. The van der Waals surface area contributed by atoms with E-state index in [1.165, 1.54) is 17.5 Å². The first-order chi connectivity index (χ1) is 19.2. The highest BCUT2D eigenvalue weighted by molar-refractivity contribution is 6.37. The van der Waals surface area contributed by atoms with Crippen LogP contribution in [0.25, 0.3) is 11.9 Å². The molecule has 230 valence electrons. The lowest BCUT2D eigenvalue weighted by molar-refractivity contribution is -0.140. The predicted octanol–water partition coefficient (Wildman–Crippen LogP) is 8.50. The molecule has 0 aliphatic rings. The van der Waals surface area contributed by atoms with Crippen molar-refractivity contribution < 1.29 is 53.5 Å². The molecule has 0 aliphatic heterocycles. The highest BCUT2D eigenvalue weighted by Gasteiger charge is 2.41. The van der Waals surface area contributed by atoms with Crippen LogP contribution in [0, 0.1) is 0 Å². The Balaban J connectivity index is 2.48. The molecule has 0 aromatic heterocycles. The molecule has 2 N–H and O–H groups in total. The van der Waals surface area contributed by atoms with Crippen LogP contribution in [-0.4, -0.2) is 36.8 Å². The maximum atomic E-state index is 15.1. The number of halogens is 12. The third kappa shape index (κ3) is 9.38.